The molecule has 3 heterocycles. The fraction of sp³-hybridized carbons (Fsp3) is 0.318. The van der Waals surface area contributed by atoms with Crippen LogP contribution in [0.3, 0.4) is 0 Å². The van der Waals surface area contributed by atoms with Crippen molar-refractivity contribution in [1.29, 1.82) is 0 Å². The third-order valence-electron chi connectivity index (χ3n) is 5.54. The third kappa shape index (κ3) is 4.57. The predicted molar refractivity (Wildman–Crippen MR) is 116 cm³/mol. The number of nitrogens with zero attached hydrogens (tertiary/aromatic N) is 4. The van der Waals surface area contributed by atoms with Crippen molar-refractivity contribution < 1.29 is 12.8 Å². The van der Waals surface area contributed by atoms with Crippen molar-refractivity contribution in [2.45, 2.75) is 37.5 Å². The summed E-state index contributed by atoms with van der Waals surface area (Å²) in [7, 11) is -3.66. The number of benzene rings is 1. The topological polar surface area (TPSA) is 88.1 Å². The van der Waals surface area contributed by atoms with Crippen LogP contribution in [0.1, 0.15) is 35.6 Å². The van der Waals surface area contributed by atoms with E-state index in [-0.39, 0.29) is 10.8 Å². The lowest BCUT2D eigenvalue weighted by molar-refractivity contribution is 0.316. The molecule has 0 aliphatic carbocycles. The monoisotopic (exact) mass is 441 g/mol. The summed E-state index contributed by atoms with van der Waals surface area (Å²) in [6, 6.07) is 7.61. The molecule has 1 saturated heterocycles. The smallest absolute Gasteiger partial charge is 0.243 e. The Labute approximate surface area is 181 Å². The minimum atomic E-state index is -3.66. The Morgan fingerprint density at radius 2 is 1.87 bits per heavy atom. The Kier molecular flexibility index (Phi) is 5.97. The Hall–Kier alpha value is -2.91. The molecule has 31 heavy (non-hydrogen) atoms. The molecule has 0 unspecified atom stereocenters. The number of piperidine rings is 1. The molecule has 9 heteroatoms. The molecular formula is C22H24FN5O2S. The molecule has 0 bridgehead atoms. The zero-order valence-electron chi connectivity index (χ0n) is 17.4. The van der Waals surface area contributed by atoms with Crippen LogP contribution in [0.15, 0.2) is 53.8 Å². The molecule has 0 spiro atoms. The van der Waals surface area contributed by atoms with E-state index in [9.17, 15) is 12.8 Å². The highest BCUT2D eigenvalue weighted by molar-refractivity contribution is 7.89. The molecule has 1 aromatic carbocycles. The molecule has 0 saturated carbocycles. The number of aromatic nitrogens is 3. The highest BCUT2D eigenvalue weighted by atomic mass is 32.2. The van der Waals surface area contributed by atoms with E-state index in [0.29, 0.717) is 37.3 Å². The Morgan fingerprint density at radius 1 is 1.10 bits per heavy atom. The molecule has 0 radical (unpaired) electrons. The van der Waals surface area contributed by atoms with Gasteiger partial charge in [0.05, 0.1) is 16.8 Å². The highest BCUT2D eigenvalue weighted by Crippen LogP contribution is 2.31. The largest absolute Gasteiger partial charge is 0.323 e. The van der Waals surface area contributed by atoms with Gasteiger partial charge in [0.2, 0.25) is 10.0 Å². The van der Waals surface area contributed by atoms with Gasteiger partial charge in [-0.25, -0.2) is 22.8 Å². The molecule has 1 fully saturated rings. The normalized spacial score (nSPS) is 15.7. The van der Waals surface area contributed by atoms with Gasteiger partial charge in [0.1, 0.15) is 17.5 Å². The van der Waals surface area contributed by atoms with Crippen LogP contribution in [0, 0.1) is 19.7 Å². The number of hydrogen-bond acceptors (Lipinski definition) is 6. The predicted octanol–water partition coefficient (Wildman–Crippen LogP) is 3.94. The number of pyridine rings is 1. The van der Waals surface area contributed by atoms with E-state index >= 15 is 0 Å². The first kappa shape index (κ1) is 21.3. The molecule has 2 aromatic heterocycles. The standard InChI is InChI=1S/C22H24FN5O2S/c1-15-4-3-9-25-22(15)27-21-14-24-13-19(26-21)17-7-10-28(11-8-17)31(29,30)20-6-5-18(23)12-16(20)2/h3-6,9,12-14,17H,7-8,10-11H2,1-2H3,(H,25,26,27). The maximum Gasteiger partial charge on any atom is 0.243 e. The number of anilines is 2. The number of aryl methyl sites for hydroxylation is 2. The molecule has 1 aliphatic heterocycles. The van der Waals surface area contributed by atoms with Crippen molar-refractivity contribution in [1.82, 2.24) is 19.3 Å². The van der Waals surface area contributed by atoms with Crippen molar-refractivity contribution in [3.63, 3.8) is 0 Å². The van der Waals surface area contributed by atoms with Gasteiger partial charge in [-0.2, -0.15) is 4.31 Å². The van der Waals surface area contributed by atoms with E-state index in [1.54, 1.807) is 25.5 Å². The third-order valence-corrected chi connectivity index (χ3v) is 7.59. The first-order valence-electron chi connectivity index (χ1n) is 10.1. The van der Waals surface area contributed by atoms with Gasteiger partial charge in [-0.1, -0.05) is 6.07 Å². The number of hydrogen-bond donors (Lipinski definition) is 1. The average molecular weight is 442 g/mol. The van der Waals surface area contributed by atoms with Gasteiger partial charge in [0, 0.05) is 31.4 Å². The van der Waals surface area contributed by atoms with Gasteiger partial charge in [0.15, 0.2) is 0 Å². The molecular weight excluding hydrogens is 417 g/mol. The molecule has 3 aromatic rings. The molecule has 7 nitrogen and oxygen atoms in total. The second-order valence-corrected chi connectivity index (χ2v) is 9.62. The maximum atomic E-state index is 13.4. The zero-order chi connectivity index (χ0) is 22.0. The van der Waals surface area contributed by atoms with Crippen LogP contribution in [0.4, 0.5) is 16.0 Å². The quantitative estimate of drug-likeness (QED) is 0.645. The minimum Gasteiger partial charge on any atom is -0.323 e. The van der Waals surface area contributed by atoms with Crippen molar-refractivity contribution in [2.75, 3.05) is 18.4 Å². The molecule has 162 valence electrons. The average Bonchev–Trinajstić information content (AvgIpc) is 2.75. The minimum absolute atomic E-state index is 0.111. The van der Waals surface area contributed by atoms with E-state index in [0.717, 1.165) is 17.1 Å². The lowest BCUT2D eigenvalue weighted by Gasteiger charge is -2.31. The van der Waals surface area contributed by atoms with Crippen LogP contribution < -0.4 is 5.32 Å². The van der Waals surface area contributed by atoms with E-state index < -0.39 is 15.8 Å². The van der Waals surface area contributed by atoms with Gasteiger partial charge >= 0.3 is 0 Å². The van der Waals surface area contributed by atoms with Gasteiger partial charge in [-0.05, 0) is 62.1 Å². The van der Waals surface area contributed by atoms with E-state index in [1.807, 2.05) is 19.1 Å². The Morgan fingerprint density at radius 3 is 2.58 bits per heavy atom. The lowest BCUT2D eigenvalue weighted by atomic mass is 9.95. The van der Waals surface area contributed by atoms with Gasteiger partial charge in [-0.15, -0.1) is 0 Å². The number of nitrogens with one attached hydrogen (secondary N) is 1. The van der Waals surface area contributed by atoms with E-state index in [2.05, 4.69) is 20.3 Å². The zero-order valence-corrected chi connectivity index (χ0v) is 18.2. The summed E-state index contributed by atoms with van der Waals surface area (Å²) >= 11 is 0. The van der Waals surface area contributed by atoms with Crippen LogP contribution in [0.2, 0.25) is 0 Å². The summed E-state index contributed by atoms with van der Waals surface area (Å²) in [5.41, 5.74) is 2.24. The van der Waals surface area contributed by atoms with Gasteiger partial charge in [0.25, 0.3) is 0 Å². The number of sulfonamides is 1. The van der Waals surface area contributed by atoms with Crippen molar-refractivity contribution >= 4 is 21.7 Å². The lowest BCUT2D eigenvalue weighted by Crippen LogP contribution is -2.38. The van der Waals surface area contributed by atoms with E-state index in [4.69, 9.17) is 0 Å². The van der Waals surface area contributed by atoms with Crippen molar-refractivity contribution in [3.05, 3.63) is 71.6 Å². The summed E-state index contributed by atoms with van der Waals surface area (Å²) in [4.78, 5) is 13.5. The van der Waals surface area contributed by atoms with Crippen LogP contribution in [0.25, 0.3) is 0 Å². The number of rotatable bonds is 5. The fourth-order valence-electron chi connectivity index (χ4n) is 3.81. The van der Waals surface area contributed by atoms with Gasteiger partial charge in [-0.3, -0.25) is 4.98 Å². The molecule has 1 aliphatic rings. The van der Waals surface area contributed by atoms with E-state index in [1.165, 1.54) is 22.5 Å². The van der Waals surface area contributed by atoms with Crippen LogP contribution in [0.5, 0.6) is 0 Å². The second-order valence-electron chi connectivity index (χ2n) is 7.71. The first-order chi connectivity index (χ1) is 14.8. The Balaban J connectivity index is 1.46. The molecule has 0 atom stereocenters. The number of halogens is 1. The summed E-state index contributed by atoms with van der Waals surface area (Å²) < 4.78 is 40.9. The van der Waals surface area contributed by atoms with Crippen molar-refractivity contribution in [2.24, 2.45) is 0 Å². The SMILES string of the molecule is Cc1cc(F)ccc1S(=O)(=O)N1CCC(c2cncc(Nc3ncccc3C)n2)CC1. The summed E-state index contributed by atoms with van der Waals surface area (Å²) in [6.07, 6.45) is 6.37. The maximum absolute atomic E-state index is 13.4. The van der Waals surface area contributed by atoms with Crippen molar-refractivity contribution in [3.8, 4) is 0 Å². The van der Waals surface area contributed by atoms with Gasteiger partial charge < -0.3 is 5.32 Å². The summed E-state index contributed by atoms with van der Waals surface area (Å²) in [5.74, 6) is 1.00. The summed E-state index contributed by atoms with van der Waals surface area (Å²) in [6.45, 7) is 4.33. The molecule has 0 amide bonds. The van der Waals surface area contributed by atoms with Crippen LogP contribution in [-0.4, -0.2) is 40.8 Å². The molecule has 4 rings (SSSR count). The Bertz CT molecular complexity index is 1190. The second kappa shape index (κ2) is 8.68. The van der Waals surface area contributed by atoms with Crippen LogP contribution >= 0.6 is 0 Å². The molecule has 1 N–H and O–H groups in total. The van der Waals surface area contributed by atoms with Crippen LogP contribution in [-0.2, 0) is 10.0 Å². The first-order valence-corrected chi connectivity index (χ1v) is 11.6. The summed E-state index contributed by atoms with van der Waals surface area (Å²) in [5, 5.41) is 3.20. The fourth-order valence-corrected chi connectivity index (χ4v) is 5.48. The highest BCUT2D eigenvalue weighted by Gasteiger charge is 2.31.